The number of nitrogens with zero attached hydrogens (tertiary/aromatic N) is 2. The molecule has 4 nitrogen and oxygen atoms in total. The van der Waals surface area contributed by atoms with Crippen molar-refractivity contribution >= 4 is 39.1 Å². The predicted octanol–water partition coefficient (Wildman–Crippen LogP) is 3.72. The summed E-state index contributed by atoms with van der Waals surface area (Å²) < 4.78 is 0. The molecule has 0 bridgehead atoms. The van der Waals surface area contributed by atoms with E-state index in [1.807, 2.05) is 23.2 Å². The Morgan fingerprint density at radius 2 is 2.14 bits per heavy atom. The molecule has 2 aromatic heterocycles. The van der Waals surface area contributed by atoms with Crippen LogP contribution in [0.3, 0.4) is 0 Å². The number of aryl methyl sites for hydroxylation is 1. The first kappa shape index (κ1) is 14.3. The number of thioether (sulfide) groups is 1. The molecule has 0 aliphatic carbocycles. The molecule has 0 fully saturated rings. The van der Waals surface area contributed by atoms with E-state index in [1.54, 1.807) is 11.3 Å². The lowest BCUT2D eigenvalue weighted by atomic mass is 10.2. The third-order valence-electron chi connectivity index (χ3n) is 3.09. The van der Waals surface area contributed by atoms with Crippen molar-refractivity contribution in [1.82, 2.24) is 9.97 Å². The standard InChI is InChI=1S/C15H16N4S2/c1-10-3-2-4-11(7-10)8-20-9-13-17-14(19-16)12-5-6-21-15(12)18-13/h2-7H,8-9,16H2,1H3,(H,17,18,19). The zero-order valence-electron chi connectivity index (χ0n) is 11.7. The van der Waals surface area contributed by atoms with Gasteiger partial charge in [-0.3, -0.25) is 0 Å². The average molecular weight is 316 g/mol. The number of hydrogen-bond donors (Lipinski definition) is 2. The van der Waals surface area contributed by atoms with E-state index >= 15 is 0 Å². The zero-order chi connectivity index (χ0) is 14.7. The number of thiophene rings is 1. The molecular weight excluding hydrogens is 300 g/mol. The number of nitrogens with two attached hydrogens (primary N) is 1. The number of nitrogens with one attached hydrogen (secondary N) is 1. The van der Waals surface area contributed by atoms with Gasteiger partial charge in [0.25, 0.3) is 0 Å². The number of rotatable bonds is 5. The number of hydrazine groups is 1. The van der Waals surface area contributed by atoms with E-state index in [0.29, 0.717) is 5.82 Å². The molecule has 0 amide bonds. The summed E-state index contributed by atoms with van der Waals surface area (Å²) in [7, 11) is 0. The van der Waals surface area contributed by atoms with Gasteiger partial charge in [-0.2, -0.15) is 0 Å². The number of aromatic nitrogens is 2. The summed E-state index contributed by atoms with van der Waals surface area (Å²) in [5, 5.41) is 2.99. The highest BCUT2D eigenvalue weighted by Crippen LogP contribution is 2.26. The monoisotopic (exact) mass is 316 g/mol. The number of fused-ring (bicyclic) bond motifs is 1. The second-order valence-corrected chi connectivity index (χ2v) is 6.63. The van der Waals surface area contributed by atoms with Gasteiger partial charge in [0.05, 0.1) is 11.1 Å². The predicted molar refractivity (Wildman–Crippen MR) is 91.4 cm³/mol. The Hall–Kier alpha value is -1.63. The van der Waals surface area contributed by atoms with E-state index < -0.39 is 0 Å². The minimum absolute atomic E-state index is 0.701. The Morgan fingerprint density at radius 3 is 2.95 bits per heavy atom. The molecule has 2 heterocycles. The first-order valence-corrected chi connectivity index (χ1v) is 8.64. The van der Waals surface area contributed by atoms with Gasteiger partial charge in [-0.15, -0.1) is 23.1 Å². The molecule has 0 aliphatic heterocycles. The number of benzene rings is 1. The van der Waals surface area contributed by atoms with Crippen LogP contribution in [0.1, 0.15) is 17.0 Å². The highest BCUT2D eigenvalue weighted by atomic mass is 32.2. The zero-order valence-corrected chi connectivity index (χ0v) is 13.3. The molecule has 0 spiro atoms. The Bertz CT molecular complexity index is 754. The van der Waals surface area contributed by atoms with Gasteiger partial charge >= 0.3 is 0 Å². The number of anilines is 1. The van der Waals surface area contributed by atoms with Gasteiger partial charge in [0, 0.05) is 5.75 Å². The fourth-order valence-electron chi connectivity index (χ4n) is 2.14. The van der Waals surface area contributed by atoms with Crippen molar-refractivity contribution in [3.05, 3.63) is 52.7 Å². The summed E-state index contributed by atoms with van der Waals surface area (Å²) in [6, 6.07) is 10.6. The van der Waals surface area contributed by atoms with Crippen LogP contribution in [0.15, 0.2) is 35.7 Å². The quantitative estimate of drug-likeness (QED) is 0.555. The maximum absolute atomic E-state index is 5.54. The Kier molecular flexibility index (Phi) is 4.38. The van der Waals surface area contributed by atoms with Gasteiger partial charge in [0.15, 0.2) is 5.82 Å². The SMILES string of the molecule is Cc1cccc(CSCc2nc(NN)c3ccsc3n2)c1. The largest absolute Gasteiger partial charge is 0.308 e. The van der Waals surface area contributed by atoms with Crippen molar-refractivity contribution in [3.63, 3.8) is 0 Å². The molecule has 0 atom stereocenters. The van der Waals surface area contributed by atoms with Crippen molar-refractivity contribution in [2.24, 2.45) is 5.84 Å². The lowest BCUT2D eigenvalue weighted by Gasteiger charge is -2.06. The van der Waals surface area contributed by atoms with Gasteiger partial charge in [-0.1, -0.05) is 29.8 Å². The maximum Gasteiger partial charge on any atom is 0.152 e. The lowest BCUT2D eigenvalue weighted by Crippen LogP contribution is -2.10. The van der Waals surface area contributed by atoms with Gasteiger partial charge in [0.2, 0.25) is 0 Å². The average Bonchev–Trinajstić information content (AvgIpc) is 2.95. The first-order chi connectivity index (χ1) is 10.3. The van der Waals surface area contributed by atoms with Crippen molar-refractivity contribution in [2.45, 2.75) is 18.4 Å². The summed E-state index contributed by atoms with van der Waals surface area (Å²) in [6.45, 7) is 2.11. The number of hydrogen-bond acceptors (Lipinski definition) is 6. The van der Waals surface area contributed by atoms with E-state index in [4.69, 9.17) is 5.84 Å². The van der Waals surface area contributed by atoms with Crippen LogP contribution in [-0.4, -0.2) is 9.97 Å². The minimum atomic E-state index is 0.701. The fourth-order valence-corrected chi connectivity index (χ4v) is 3.75. The molecule has 0 aliphatic rings. The molecule has 3 N–H and O–H groups in total. The molecule has 0 unspecified atom stereocenters. The van der Waals surface area contributed by atoms with Crippen molar-refractivity contribution in [2.75, 3.05) is 5.43 Å². The summed E-state index contributed by atoms with van der Waals surface area (Å²) in [5.41, 5.74) is 5.28. The second kappa shape index (κ2) is 6.43. The first-order valence-electron chi connectivity index (χ1n) is 6.60. The van der Waals surface area contributed by atoms with Gasteiger partial charge in [-0.05, 0) is 23.9 Å². The van der Waals surface area contributed by atoms with Crippen LogP contribution in [0.4, 0.5) is 5.82 Å². The summed E-state index contributed by atoms with van der Waals surface area (Å²) in [6.07, 6.45) is 0. The Morgan fingerprint density at radius 1 is 1.24 bits per heavy atom. The highest BCUT2D eigenvalue weighted by Gasteiger charge is 2.08. The summed E-state index contributed by atoms with van der Waals surface area (Å²) in [4.78, 5) is 10.0. The van der Waals surface area contributed by atoms with E-state index in [9.17, 15) is 0 Å². The van der Waals surface area contributed by atoms with E-state index in [0.717, 1.165) is 27.5 Å². The molecule has 6 heteroatoms. The normalized spacial score (nSPS) is 11.0. The third kappa shape index (κ3) is 3.34. The molecule has 3 rings (SSSR count). The van der Waals surface area contributed by atoms with E-state index in [1.165, 1.54) is 11.1 Å². The smallest absolute Gasteiger partial charge is 0.152 e. The molecular formula is C15H16N4S2. The van der Waals surface area contributed by atoms with Crippen LogP contribution in [0, 0.1) is 6.92 Å². The van der Waals surface area contributed by atoms with Crippen LogP contribution in [-0.2, 0) is 11.5 Å². The molecule has 0 saturated heterocycles. The maximum atomic E-state index is 5.54. The van der Waals surface area contributed by atoms with Crippen LogP contribution < -0.4 is 11.3 Å². The van der Waals surface area contributed by atoms with Crippen molar-refractivity contribution < 1.29 is 0 Å². The van der Waals surface area contributed by atoms with Crippen molar-refractivity contribution in [1.29, 1.82) is 0 Å². The molecule has 3 aromatic rings. The minimum Gasteiger partial charge on any atom is -0.308 e. The fraction of sp³-hybridized carbons (Fsp3) is 0.200. The van der Waals surface area contributed by atoms with Gasteiger partial charge < -0.3 is 5.43 Å². The van der Waals surface area contributed by atoms with Crippen LogP contribution in [0.2, 0.25) is 0 Å². The molecule has 0 radical (unpaired) electrons. The van der Waals surface area contributed by atoms with Crippen molar-refractivity contribution in [3.8, 4) is 0 Å². The van der Waals surface area contributed by atoms with Gasteiger partial charge in [0.1, 0.15) is 10.7 Å². The summed E-state index contributed by atoms with van der Waals surface area (Å²) in [5.74, 6) is 8.79. The third-order valence-corrected chi connectivity index (χ3v) is 4.90. The van der Waals surface area contributed by atoms with E-state index in [-0.39, 0.29) is 0 Å². The second-order valence-electron chi connectivity index (χ2n) is 4.75. The number of nitrogen functional groups attached to an aromatic ring is 1. The molecule has 21 heavy (non-hydrogen) atoms. The van der Waals surface area contributed by atoms with Crippen LogP contribution >= 0.6 is 23.1 Å². The highest BCUT2D eigenvalue weighted by molar-refractivity contribution is 7.97. The topological polar surface area (TPSA) is 63.8 Å². The van der Waals surface area contributed by atoms with Crippen LogP contribution in [0.25, 0.3) is 10.2 Å². The Labute approximate surface area is 131 Å². The molecule has 0 saturated carbocycles. The van der Waals surface area contributed by atoms with E-state index in [2.05, 4.69) is 46.6 Å². The lowest BCUT2D eigenvalue weighted by molar-refractivity contribution is 1.06. The Balaban J connectivity index is 1.70. The molecule has 108 valence electrons. The molecule has 1 aromatic carbocycles. The summed E-state index contributed by atoms with van der Waals surface area (Å²) >= 11 is 3.42. The van der Waals surface area contributed by atoms with Gasteiger partial charge in [-0.25, -0.2) is 15.8 Å². The van der Waals surface area contributed by atoms with Crippen LogP contribution in [0.5, 0.6) is 0 Å².